The highest BCUT2D eigenvalue weighted by Crippen LogP contribution is 2.19. The number of benzene rings is 2. The van der Waals surface area contributed by atoms with Crippen LogP contribution < -0.4 is 4.74 Å². The number of hydrogen-bond acceptors (Lipinski definition) is 6. The number of nitrogens with zero attached hydrogens (tertiary/aromatic N) is 5. The number of aromatic nitrogens is 3. The molecule has 8 heteroatoms. The number of ether oxygens (including phenoxy) is 1. The molecular weight excluding hydrogens is 322 g/mol. The summed E-state index contributed by atoms with van der Waals surface area (Å²) in [5.74, 6) is 1.01. The van der Waals surface area contributed by atoms with Gasteiger partial charge in [0.2, 0.25) is 0 Å². The van der Waals surface area contributed by atoms with Crippen molar-refractivity contribution >= 4 is 5.69 Å². The van der Waals surface area contributed by atoms with Gasteiger partial charge in [-0.2, -0.15) is 10.4 Å². The van der Waals surface area contributed by atoms with Crippen LogP contribution in [0.3, 0.4) is 0 Å². The van der Waals surface area contributed by atoms with E-state index in [2.05, 4.69) is 16.2 Å². The summed E-state index contributed by atoms with van der Waals surface area (Å²) >= 11 is 0. The van der Waals surface area contributed by atoms with E-state index in [1.165, 1.54) is 12.1 Å². The van der Waals surface area contributed by atoms with Crippen molar-refractivity contribution in [3.05, 3.63) is 70.5 Å². The molecule has 2 aromatic carbocycles. The first-order valence-electron chi connectivity index (χ1n) is 7.43. The summed E-state index contributed by atoms with van der Waals surface area (Å²) in [6.45, 7) is 0.793. The standard InChI is InChI=1S/C17H13N5O3/c18-11-14-3-1-2-4-16(14)25-10-9-21-12-19-17(20-21)13-5-7-15(8-6-13)22(23)24/h1-8,12H,9-10H2. The lowest BCUT2D eigenvalue weighted by atomic mass is 10.2. The van der Waals surface area contributed by atoms with Crippen LogP contribution in [0, 0.1) is 21.4 Å². The molecule has 1 aromatic heterocycles. The van der Waals surface area contributed by atoms with Crippen LogP contribution in [0.15, 0.2) is 54.9 Å². The Morgan fingerprint density at radius 1 is 1.20 bits per heavy atom. The summed E-state index contributed by atoms with van der Waals surface area (Å²) in [6, 6.07) is 15.1. The molecule has 0 radical (unpaired) electrons. The summed E-state index contributed by atoms with van der Waals surface area (Å²) in [6.07, 6.45) is 1.57. The average Bonchev–Trinajstić information content (AvgIpc) is 3.11. The second-order valence-electron chi connectivity index (χ2n) is 5.09. The van der Waals surface area contributed by atoms with Crippen molar-refractivity contribution in [3.8, 4) is 23.2 Å². The summed E-state index contributed by atoms with van der Waals surface area (Å²) in [4.78, 5) is 14.4. The highest BCUT2D eigenvalue weighted by molar-refractivity contribution is 5.56. The van der Waals surface area contributed by atoms with Crippen molar-refractivity contribution in [1.82, 2.24) is 14.8 Å². The predicted molar refractivity (Wildman–Crippen MR) is 88.8 cm³/mol. The average molecular weight is 335 g/mol. The van der Waals surface area contributed by atoms with Crippen LogP contribution in [-0.2, 0) is 6.54 Å². The largest absolute Gasteiger partial charge is 0.490 e. The number of nitriles is 1. The van der Waals surface area contributed by atoms with Crippen LogP contribution >= 0.6 is 0 Å². The molecule has 3 rings (SSSR count). The first kappa shape index (κ1) is 16.1. The summed E-state index contributed by atoms with van der Waals surface area (Å²) in [5.41, 5.74) is 1.19. The van der Waals surface area contributed by atoms with Crippen LogP contribution in [0.2, 0.25) is 0 Å². The second kappa shape index (κ2) is 7.23. The van der Waals surface area contributed by atoms with E-state index < -0.39 is 4.92 Å². The second-order valence-corrected chi connectivity index (χ2v) is 5.09. The summed E-state index contributed by atoms with van der Waals surface area (Å²) < 4.78 is 7.22. The summed E-state index contributed by atoms with van der Waals surface area (Å²) in [7, 11) is 0. The number of rotatable bonds is 6. The number of para-hydroxylation sites is 1. The maximum absolute atomic E-state index is 10.7. The minimum Gasteiger partial charge on any atom is -0.490 e. The molecule has 3 aromatic rings. The third kappa shape index (κ3) is 3.79. The van der Waals surface area contributed by atoms with E-state index in [9.17, 15) is 10.1 Å². The van der Waals surface area contributed by atoms with Crippen molar-refractivity contribution < 1.29 is 9.66 Å². The van der Waals surface area contributed by atoms with Gasteiger partial charge in [0.05, 0.1) is 17.0 Å². The third-order valence-electron chi connectivity index (χ3n) is 3.46. The molecule has 0 aliphatic carbocycles. The Hall–Kier alpha value is -3.73. The van der Waals surface area contributed by atoms with Gasteiger partial charge in [-0.15, -0.1) is 0 Å². The van der Waals surface area contributed by atoms with Gasteiger partial charge in [0.1, 0.15) is 24.8 Å². The zero-order valence-corrected chi connectivity index (χ0v) is 13.1. The van der Waals surface area contributed by atoms with Crippen LogP contribution in [0.5, 0.6) is 5.75 Å². The Kier molecular flexibility index (Phi) is 4.67. The van der Waals surface area contributed by atoms with Gasteiger partial charge in [-0.3, -0.25) is 10.1 Å². The van der Waals surface area contributed by atoms with Crippen molar-refractivity contribution in [2.24, 2.45) is 0 Å². The van der Waals surface area contributed by atoms with Crippen molar-refractivity contribution in [1.29, 1.82) is 5.26 Å². The minimum absolute atomic E-state index is 0.0211. The van der Waals surface area contributed by atoms with Crippen LogP contribution in [0.25, 0.3) is 11.4 Å². The quantitative estimate of drug-likeness (QED) is 0.506. The molecule has 0 spiro atoms. The molecule has 8 nitrogen and oxygen atoms in total. The van der Waals surface area contributed by atoms with Gasteiger partial charge in [-0.25, -0.2) is 9.67 Å². The van der Waals surface area contributed by atoms with Gasteiger partial charge < -0.3 is 4.74 Å². The van der Waals surface area contributed by atoms with Crippen molar-refractivity contribution in [2.45, 2.75) is 6.54 Å². The molecular formula is C17H13N5O3. The fourth-order valence-corrected chi connectivity index (χ4v) is 2.20. The third-order valence-corrected chi connectivity index (χ3v) is 3.46. The van der Waals surface area contributed by atoms with E-state index in [-0.39, 0.29) is 5.69 Å². The van der Waals surface area contributed by atoms with Crippen molar-refractivity contribution in [3.63, 3.8) is 0 Å². The predicted octanol–water partition coefficient (Wildman–Crippen LogP) is 2.80. The SMILES string of the molecule is N#Cc1ccccc1OCCn1cnc(-c2ccc([N+](=O)[O-])cc2)n1. The highest BCUT2D eigenvalue weighted by atomic mass is 16.6. The van der Waals surface area contributed by atoms with E-state index in [1.807, 2.05) is 0 Å². The fourth-order valence-electron chi connectivity index (χ4n) is 2.20. The lowest BCUT2D eigenvalue weighted by Crippen LogP contribution is -2.09. The smallest absolute Gasteiger partial charge is 0.269 e. The zero-order chi connectivity index (χ0) is 17.6. The molecule has 0 bridgehead atoms. The van der Waals surface area contributed by atoms with Gasteiger partial charge in [0.25, 0.3) is 5.69 Å². The summed E-state index contributed by atoms with van der Waals surface area (Å²) in [5, 5.41) is 24.0. The molecule has 1 heterocycles. The molecule has 25 heavy (non-hydrogen) atoms. The van der Waals surface area contributed by atoms with E-state index >= 15 is 0 Å². The maximum atomic E-state index is 10.7. The van der Waals surface area contributed by atoms with Gasteiger partial charge in [0.15, 0.2) is 5.82 Å². The number of hydrogen-bond donors (Lipinski definition) is 0. The normalized spacial score (nSPS) is 10.2. The molecule has 0 aliphatic rings. The number of nitro benzene ring substituents is 1. The minimum atomic E-state index is -0.452. The molecule has 0 N–H and O–H groups in total. The van der Waals surface area contributed by atoms with Crippen LogP contribution in [-0.4, -0.2) is 26.3 Å². The maximum Gasteiger partial charge on any atom is 0.269 e. The molecule has 0 fully saturated rings. The number of non-ortho nitro benzene ring substituents is 1. The van der Waals surface area contributed by atoms with Crippen LogP contribution in [0.4, 0.5) is 5.69 Å². The Bertz CT molecular complexity index is 928. The van der Waals surface area contributed by atoms with E-state index in [0.717, 1.165) is 0 Å². The Morgan fingerprint density at radius 2 is 1.96 bits per heavy atom. The molecule has 0 amide bonds. The van der Waals surface area contributed by atoms with Gasteiger partial charge in [-0.1, -0.05) is 12.1 Å². The lowest BCUT2D eigenvalue weighted by molar-refractivity contribution is -0.384. The monoisotopic (exact) mass is 335 g/mol. The molecule has 124 valence electrons. The molecule has 0 atom stereocenters. The van der Waals surface area contributed by atoms with Crippen LogP contribution in [0.1, 0.15) is 5.56 Å². The molecule has 0 aliphatic heterocycles. The van der Waals surface area contributed by atoms with E-state index in [4.69, 9.17) is 10.00 Å². The topological polar surface area (TPSA) is 107 Å². The van der Waals surface area contributed by atoms with Gasteiger partial charge >= 0.3 is 0 Å². The Labute approximate surface area is 143 Å². The first-order valence-corrected chi connectivity index (χ1v) is 7.43. The molecule has 0 saturated carbocycles. The fraction of sp³-hybridized carbons (Fsp3) is 0.118. The molecule has 0 saturated heterocycles. The van der Waals surface area contributed by atoms with Gasteiger partial charge in [-0.05, 0) is 24.3 Å². The zero-order valence-electron chi connectivity index (χ0n) is 13.1. The Morgan fingerprint density at radius 3 is 2.68 bits per heavy atom. The lowest BCUT2D eigenvalue weighted by Gasteiger charge is -2.07. The van der Waals surface area contributed by atoms with Crippen molar-refractivity contribution in [2.75, 3.05) is 6.61 Å². The molecule has 0 unspecified atom stereocenters. The van der Waals surface area contributed by atoms with E-state index in [1.54, 1.807) is 47.4 Å². The van der Waals surface area contributed by atoms with E-state index in [0.29, 0.717) is 35.9 Å². The Balaban J connectivity index is 1.62. The van der Waals surface area contributed by atoms with Gasteiger partial charge in [0, 0.05) is 17.7 Å². The first-order chi connectivity index (χ1) is 12.2. The highest BCUT2D eigenvalue weighted by Gasteiger charge is 2.08. The number of nitro groups is 1.